The van der Waals surface area contributed by atoms with Gasteiger partial charge >= 0.3 is 0 Å². The van der Waals surface area contributed by atoms with Crippen molar-refractivity contribution in [3.8, 4) is 5.75 Å². The topological polar surface area (TPSA) is 26.3 Å². The van der Waals surface area contributed by atoms with Crippen molar-refractivity contribution in [3.05, 3.63) is 35.9 Å². The average molecular weight is 204 g/mol. The molecule has 0 aliphatic carbocycles. The minimum Gasteiger partial charge on any atom is -0.488 e. The van der Waals surface area contributed by atoms with Crippen LogP contribution in [0.5, 0.6) is 5.75 Å². The van der Waals surface area contributed by atoms with E-state index in [-0.39, 0.29) is 5.60 Å². The minimum absolute atomic E-state index is 0.201. The fourth-order valence-electron chi connectivity index (χ4n) is 1.19. The smallest absolute Gasteiger partial charge is 0.142 e. The standard InChI is InChI=1S/C13H16O2/c1-13(2,3)15-12-8-4-6-11(10-12)7-5-9-14/h4-10H,1-3H3. The fraction of sp³-hybridized carbons (Fsp3) is 0.308. The molecule has 0 heterocycles. The molecule has 0 spiro atoms. The number of hydrogen-bond acceptors (Lipinski definition) is 2. The van der Waals surface area contributed by atoms with Crippen molar-refractivity contribution in [2.45, 2.75) is 26.4 Å². The molecule has 1 aromatic rings. The molecule has 80 valence electrons. The Morgan fingerprint density at radius 3 is 2.60 bits per heavy atom. The third-order valence-electron chi connectivity index (χ3n) is 1.65. The molecule has 0 aliphatic rings. The second-order valence-corrected chi connectivity index (χ2v) is 4.28. The van der Waals surface area contributed by atoms with Gasteiger partial charge in [0.15, 0.2) is 0 Å². The highest BCUT2D eigenvalue weighted by molar-refractivity contribution is 5.74. The molecule has 1 aromatic carbocycles. The Morgan fingerprint density at radius 2 is 2.00 bits per heavy atom. The van der Waals surface area contributed by atoms with E-state index in [1.165, 1.54) is 6.08 Å². The molecule has 0 atom stereocenters. The Balaban J connectivity index is 2.83. The average Bonchev–Trinajstić information content (AvgIpc) is 2.12. The first-order chi connectivity index (χ1) is 7.01. The van der Waals surface area contributed by atoms with Crippen LogP contribution in [0.15, 0.2) is 30.3 Å². The van der Waals surface area contributed by atoms with E-state index >= 15 is 0 Å². The van der Waals surface area contributed by atoms with Gasteiger partial charge in [-0.1, -0.05) is 18.2 Å². The molecule has 15 heavy (non-hydrogen) atoms. The van der Waals surface area contributed by atoms with Crippen LogP contribution in [0.25, 0.3) is 6.08 Å². The van der Waals surface area contributed by atoms with Crippen LogP contribution in [0.2, 0.25) is 0 Å². The van der Waals surface area contributed by atoms with Crippen molar-refractivity contribution in [1.29, 1.82) is 0 Å². The first-order valence-electron chi connectivity index (χ1n) is 4.92. The van der Waals surface area contributed by atoms with Crippen molar-refractivity contribution >= 4 is 12.4 Å². The maximum Gasteiger partial charge on any atom is 0.142 e. The van der Waals surface area contributed by atoms with Crippen LogP contribution >= 0.6 is 0 Å². The number of hydrogen-bond donors (Lipinski definition) is 0. The van der Waals surface area contributed by atoms with E-state index in [1.807, 2.05) is 45.0 Å². The van der Waals surface area contributed by atoms with Gasteiger partial charge in [0.1, 0.15) is 17.6 Å². The largest absolute Gasteiger partial charge is 0.488 e. The van der Waals surface area contributed by atoms with Crippen molar-refractivity contribution in [2.24, 2.45) is 0 Å². The fourth-order valence-corrected chi connectivity index (χ4v) is 1.19. The second kappa shape index (κ2) is 4.78. The molecule has 0 fully saturated rings. The summed E-state index contributed by atoms with van der Waals surface area (Å²) in [6.07, 6.45) is 3.98. The summed E-state index contributed by atoms with van der Waals surface area (Å²) in [5.74, 6) is 0.815. The molecule has 2 heteroatoms. The van der Waals surface area contributed by atoms with Crippen LogP contribution in [0.3, 0.4) is 0 Å². The Kier molecular flexibility index (Phi) is 3.67. The Labute approximate surface area is 90.6 Å². The molecule has 0 saturated carbocycles. The van der Waals surface area contributed by atoms with Gasteiger partial charge in [-0.15, -0.1) is 0 Å². The number of ether oxygens (including phenoxy) is 1. The quantitative estimate of drug-likeness (QED) is 0.558. The van der Waals surface area contributed by atoms with Crippen LogP contribution in [-0.4, -0.2) is 11.9 Å². The lowest BCUT2D eigenvalue weighted by molar-refractivity contribution is -0.104. The number of carbonyl (C=O) groups is 1. The van der Waals surface area contributed by atoms with Gasteiger partial charge in [0, 0.05) is 0 Å². The number of benzene rings is 1. The first kappa shape index (κ1) is 11.5. The molecular formula is C13H16O2. The molecule has 0 bridgehead atoms. The number of aldehydes is 1. The summed E-state index contributed by atoms with van der Waals surface area (Å²) in [5, 5.41) is 0. The van der Waals surface area contributed by atoms with Crippen molar-refractivity contribution in [2.75, 3.05) is 0 Å². The molecule has 0 unspecified atom stereocenters. The van der Waals surface area contributed by atoms with Gasteiger partial charge in [0.2, 0.25) is 0 Å². The van der Waals surface area contributed by atoms with E-state index in [9.17, 15) is 4.79 Å². The van der Waals surface area contributed by atoms with Crippen LogP contribution in [0.4, 0.5) is 0 Å². The van der Waals surface area contributed by atoms with Gasteiger partial charge in [-0.3, -0.25) is 4.79 Å². The highest BCUT2D eigenvalue weighted by Crippen LogP contribution is 2.19. The number of carbonyl (C=O) groups excluding carboxylic acids is 1. The zero-order chi connectivity index (χ0) is 11.3. The van der Waals surface area contributed by atoms with Gasteiger partial charge in [0.05, 0.1) is 0 Å². The molecule has 2 nitrogen and oxygen atoms in total. The predicted molar refractivity (Wildman–Crippen MR) is 61.9 cm³/mol. The Morgan fingerprint density at radius 1 is 1.27 bits per heavy atom. The van der Waals surface area contributed by atoms with Gasteiger partial charge in [-0.25, -0.2) is 0 Å². The van der Waals surface area contributed by atoms with Crippen molar-refractivity contribution in [1.82, 2.24) is 0 Å². The Bertz CT molecular complexity index is 359. The van der Waals surface area contributed by atoms with Crippen LogP contribution in [0.1, 0.15) is 26.3 Å². The molecular weight excluding hydrogens is 188 g/mol. The molecule has 0 saturated heterocycles. The lowest BCUT2D eigenvalue weighted by atomic mass is 10.1. The van der Waals surface area contributed by atoms with E-state index in [0.717, 1.165) is 17.6 Å². The summed E-state index contributed by atoms with van der Waals surface area (Å²) < 4.78 is 5.70. The zero-order valence-electron chi connectivity index (χ0n) is 9.36. The summed E-state index contributed by atoms with van der Waals surface area (Å²) in [4.78, 5) is 10.2. The molecule has 0 aliphatic heterocycles. The minimum atomic E-state index is -0.201. The normalized spacial score (nSPS) is 11.7. The second-order valence-electron chi connectivity index (χ2n) is 4.28. The van der Waals surface area contributed by atoms with E-state index < -0.39 is 0 Å². The van der Waals surface area contributed by atoms with Crippen LogP contribution in [0, 0.1) is 0 Å². The molecule has 0 radical (unpaired) electrons. The molecule has 0 amide bonds. The zero-order valence-corrected chi connectivity index (χ0v) is 9.36. The van der Waals surface area contributed by atoms with E-state index in [0.29, 0.717) is 0 Å². The number of allylic oxidation sites excluding steroid dienone is 1. The van der Waals surface area contributed by atoms with Crippen LogP contribution < -0.4 is 4.74 Å². The summed E-state index contributed by atoms with van der Waals surface area (Å²) in [7, 11) is 0. The van der Waals surface area contributed by atoms with Gasteiger partial charge in [-0.05, 0) is 44.5 Å². The van der Waals surface area contributed by atoms with E-state index in [4.69, 9.17) is 4.74 Å². The number of rotatable bonds is 3. The SMILES string of the molecule is CC(C)(C)Oc1cccc(C=CC=O)c1. The Hall–Kier alpha value is -1.57. The third kappa shape index (κ3) is 4.45. The van der Waals surface area contributed by atoms with Crippen molar-refractivity contribution in [3.63, 3.8) is 0 Å². The summed E-state index contributed by atoms with van der Waals surface area (Å²) >= 11 is 0. The van der Waals surface area contributed by atoms with E-state index in [2.05, 4.69) is 0 Å². The molecule has 0 N–H and O–H groups in total. The van der Waals surface area contributed by atoms with E-state index in [1.54, 1.807) is 6.08 Å². The van der Waals surface area contributed by atoms with Gasteiger partial charge in [-0.2, -0.15) is 0 Å². The summed E-state index contributed by atoms with van der Waals surface area (Å²) in [5.41, 5.74) is 0.761. The van der Waals surface area contributed by atoms with Crippen molar-refractivity contribution < 1.29 is 9.53 Å². The third-order valence-corrected chi connectivity index (χ3v) is 1.65. The van der Waals surface area contributed by atoms with Crippen LogP contribution in [-0.2, 0) is 4.79 Å². The maximum atomic E-state index is 10.2. The lowest BCUT2D eigenvalue weighted by Crippen LogP contribution is -2.22. The monoisotopic (exact) mass is 204 g/mol. The maximum absolute atomic E-state index is 10.2. The molecule has 0 aromatic heterocycles. The van der Waals surface area contributed by atoms with Gasteiger partial charge < -0.3 is 4.74 Å². The highest BCUT2D eigenvalue weighted by Gasteiger charge is 2.11. The summed E-state index contributed by atoms with van der Waals surface area (Å²) in [6.45, 7) is 6.00. The first-order valence-corrected chi connectivity index (χ1v) is 4.92. The lowest BCUT2D eigenvalue weighted by Gasteiger charge is -2.21. The predicted octanol–water partition coefficient (Wildman–Crippen LogP) is 3.08. The molecule has 1 rings (SSSR count). The highest BCUT2D eigenvalue weighted by atomic mass is 16.5. The van der Waals surface area contributed by atoms with Gasteiger partial charge in [0.25, 0.3) is 0 Å². The summed E-state index contributed by atoms with van der Waals surface area (Å²) in [6, 6.07) is 7.65.